The fourth-order valence-corrected chi connectivity index (χ4v) is 2.13. The number of quaternary nitrogens is 1. The number of hydrogen-bond acceptors (Lipinski definition) is 8. The SMILES string of the molecule is COS(=O)(=O)[O-].Cc1ccc2c([N+](=O)[O-])c(NCC[N+](C)(C)C)nn2c1C. The normalized spacial score (nSPS) is 11.8. The van der Waals surface area contributed by atoms with Crippen LogP contribution in [0.4, 0.5) is 11.5 Å². The van der Waals surface area contributed by atoms with Crippen LogP contribution in [-0.2, 0) is 14.6 Å². The zero-order chi connectivity index (χ0) is 21.0. The van der Waals surface area contributed by atoms with Crippen molar-refractivity contribution in [1.82, 2.24) is 9.61 Å². The van der Waals surface area contributed by atoms with Crippen molar-refractivity contribution in [2.24, 2.45) is 0 Å². The summed E-state index contributed by atoms with van der Waals surface area (Å²) in [6, 6.07) is 3.63. The molecule has 0 aliphatic carbocycles. The number of nitro groups is 1. The molecule has 0 aliphatic heterocycles. The summed E-state index contributed by atoms with van der Waals surface area (Å²) in [4.78, 5) is 11.0. The molecule has 0 bridgehead atoms. The van der Waals surface area contributed by atoms with E-state index in [4.69, 9.17) is 0 Å². The van der Waals surface area contributed by atoms with E-state index in [-0.39, 0.29) is 10.6 Å². The van der Waals surface area contributed by atoms with Crippen LogP contribution >= 0.6 is 0 Å². The Labute approximate surface area is 158 Å². The summed E-state index contributed by atoms with van der Waals surface area (Å²) in [5.74, 6) is 0.335. The number of nitrogens with zero attached hydrogens (tertiary/aromatic N) is 4. The monoisotopic (exact) mass is 403 g/mol. The van der Waals surface area contributed by atoms with E-state index in [1.54, 1.807) is 10.6 Å². The number of likely N-dealkylation sites (N-methyl/N-ethyl adjacent to an activating group) is 1. The third-order valence-electron chi connectivity index (χ3n) is 3.74. The second-order valence-corrected chi connectivity index (χ2v) is 8.02. The van der Waals surface area contributed by atoms with Gasteiger partial charge in [0.1, 0.15) is 5.52 Å². The molecule has 2 rings (SSSR count). The molecule has 0 saturated heterocycles. The lowest BCUT2D eigenvalue weighted by atomic mass is 10.2. The molecule has 0 aromatic carbocycles. The quantitative estimate of drug-likeness (QED) is 0.248. The molecule has 0 fully saturated rings. The van der Waals surface area contributed by atoms with Crippen molar-refractivity contribution in [3.8, 4) is 0 Å². The molecule has 0 saturated carbocycles. The molecule has 1 N–H and O–H groups in total. The number of rotatable bonds is 6. The lowest BCUT2D eigenvalue weighted by Crippen LogP contribution is -2.38. The summed E-state index contributed by atoms with van der Waals surface area (Å²) in [6.07, 6.45) is 0. The fraction of sp³-hybridized carbons (Fsp3) is 0.533. The van der Waals surface area contributed by atoms with Gasteiger partial charge in [-0.15, -0.1) is 5.10 Å². The van der Waals surface area contributed by atoms with Crippen LogP contribution in [0.1, 0.15) is 11.3 Å². The third-order valence-corrected chi connectivity index (χ3v) is 4.14. The molecular formula is C15H25N5O6S. The van der Waals surface area contributed by atoms with E-state index in [0.29, 0.717) is 17.9 Å². The lowest BCUT2D eigenvalue weighted by Gasteiger charge is -2.23. The van der Waals surface area contributed by atoms with Gasteiger partial charge in [0.25, 0.3) is 0 Å². The van der Waals surface area contributed by atoms with Gasteiger partial charge < -0.3 is 14.4 Å². The largest absolute Gasteiger partial charge is 0.726 e. The Balaban J connectivity index is 0.000000527. The molecule has 0 unspecified atom stereocenters. The van der Waals surface area contributed by atoms with Crippen molar-refractivity contribution >= 4 is 27.4 Å². The molecule has 2 aromatic heterocycles. The molecule has 0 amide bonds. The van der Waals surface area contributed by atoms with Crippen LogP contribution in [0.15, 0.2) is 12.1 Å². The fourth-order valence-electron chi connectivity index (χ4n) is 2.13. The Kier molecular flexibility index (Phi) is 7.25. The van der Waals surface area contributed by atoms with Crippen molar-refractivity contribution < 1.29 is 26.6 Å². The zero-order valence-electron chi connectivity index (χ0n) is 16.2. The average Bonchev–Trinajstić information content (AvgIpc) is 2.89. The number of aromatic nitrogens is 2. The van der Waals surface area contributed by atoms with Crippen molar-refractivity contribution in [3.05, 3.63) is 33.5 Å². The van der Waals surface area contributed by atoms with Crippen LogP contribution in [0.25, 0.3) is 5.52 Å². The van der Waals surface area contributed by atoms with Gasteiger partial charge in [0, 0.05) is 5.69 Å². The van der Waals surface area contributed by atoms with Crippen LogP contribution in [0.3, 0.4) is 0 Å². The Bertz CT molecular complexity index is 917. The van der Waals surface area contributed by atoms with E-state index < -0.39 is 10.4 Å². The van der Waals surface area contributed by atoms with E-state index in [2.05, 4.69) is 35.7 Å². The average molecular weight is 403 g/mol. The Hall–Kier alpha value is -2.28. The number of nitrogens with one attached hydrogen (secondary N) is 1. The number of fused-ring (bicyclic) bond motifs is 1. The highest BCUT2D eigenvalue weighted by molar-refractivity contribution is 7.80. The van der Waals surface area contributed by atoms with E-state index in [1.807, 2.05) is 19.9 Å². The summed E-state index contributed by atoms with van der Waals surface area (Å²) >= 11 is 0. The zero-order valence-corrected chi connectivity index (χ0v) is 17.0. The van der Waals surface area contributed by atoms with Gasteiger partial charge in [-0.25, -0.2) is 12.9 Å². The molecule has 0 atom stereocenters. The first-order valence-electron chi connectivity index (χ1n) is 7.96. The Morgan fingerprint density at radius 3 is 2.30 bits per heavy atom. The Morgan fingerprint density at radius 2 is 1.85 bits per heavy atom. The van der Waals surface area contributed by atoms with Crippen molar-refractivity contribution in [3.63, 3.8) is 0 Å². The van der Waals surface area contributed by atoms with Gasteiger partial charge in [0.2, 0.25) is 16.2 Å². The van der Waals surface area contributed by atoms with Gasteiger partial charge >= 0.3 is 5.69 Å². The molecule has 2 aromatic rings. The van der Waals surface area contributed by atoms with Gasteiger partial charge in [-0.05, 0) is 25.5 Å². The minimum absolute atomic E-state index is 0.0412. The Morgan fingerprint density at radius 1 is 1.30 bits per heavy atom. The van der Waals surface area contributed by atoms with Crippen LogP contribution in [-0.4, -0.2) is 73.3 Å². The van der Waals surface area contributed by atoms with Gasteiger partial charge in [0.15, 0.2) is 0 Å². The van der Waals surface area contributed by atoms with Gasteiger partial charge in [-0.3, -0.25) is 14.3 Å². The van der Waals surface area contributed by atoms with E-state index >= 15 is 0 Å². The first-order chi connectivity index (χ1) is 12.3. The van der Waals surface area contributed by atoms with Crippen molar-refractivity contribution in [2.75, 3.05) is 46.7 Å². The second kappa shape index (κ2) is 8.61. The predicted molar refractivity (Wildman–Crippen MR) is 99.4 cm³/mol. The standard InChI is InChI=1S/C14H22N5O2.CH4O4S/c1-10-6-7-12-13(18(20)21)14(16-17(12)11(10)2)15-8-9-19(3,4)5;1-5-6(2,3)4/h6-7H,8-9H2,1-5H3,(H,15,16);1H3,(H,2,3,4)/q+1;/p-1. The molecule has 12 heteroatoms. The molecule has 0 spiro atoms. The van der Waals surface area contributed by atoms with Crippen LogP contribution < -0.4 is 5.32 Å². The van der Waals surface area contributed by atoms with Gasteiger partial charge in [-0.1, -0.05) is 6.07 Å². The highest BCUT2D eigenvalue weighted by Gasteiger charge is 2.24. The third kappa shape index (κ3) is 6.75. The smallest absolute Gasteiger partial charge is 0.338 e. The van der Waals surface area contributed by atoms with Crippen LogP contribution in [0, 0.1) is 24.0 Å². The number of anilines is 1. The molecule has 2 heterocycles. The van der Waals surface area contributed by atoms with Crippen molar-refractivity contribution in [1.29, 1.82) is 0 Å². The molecule has 152 valence electrons. The lowest BCUT2D eigenvalue weighted by molar-refractivity contribution is -0.868. The maximum Gasteiger partial charge on any atom is 0.338 e. The molecular weight excluding hydrogens is 378 g/mol. The summed E-state index contributed by atoms with van der Waals surface area (Å²) in [7, 11) is 2.63. The minimum Gasteiger partial charge on any atom is -0.726 e. The maximum absolute atomic E-state index is 11.4. The maximum atomic E-state index is 11.4. The summed E-state index contributed by atoms with van der Waals surface area (Å²) in [5, 5.41) is 18.8. The minimum atomic E-state index is -4.41. The van der Waals surface area contributed by atoms with E-state index in [1.165, 1.54) is 0 Å². The van der Waals surface area contributed by atoms with Crippen LogP contribution in [0.5, 0.6) is 0 Å². The van der Waals surface area contributed by atoms with Gasteiger partial charge in [-0.2, -0.15) is 0 Å². The van der Waals surface area contributed by atoms with E-state index in [0.717, 1.165) is 29.4 Å². The highest BCUT2D eigenvalue weighted by atomic mass is 32.3. The molecule has 27 heavy (non-hydrogen) atoms. The number of pyridine rings is 1. The van der Waals surface area contributed by atoms with Gasteiger partial charge in [0.05, 0.1) is 46.3 Å². The summed E-state index contributed by atoms with van der Waals surface area (Å²) in [6.45, 7) is 5.36. The van der Waals surface area contributed by atoms with Crippen LogP contribution in [0.2, 0.25) is 0 Å². The first kappa shape index (κ1) is 22.8. The summed E-state index contributed by atoms with van der Waals surface area (Å²) < 4.78 is 33.4. The molecule has 0 aliphatic rings. The first-order valence-corrected chi connectivity index (χ1v) is 9.29. The molecule has 0 radical (unpaired) electrons. The predicted octanol–water partition coefficient (Wildman–Crippen LogP) is 1.07. The van der Waals surface area contributed by atoms with E-state index in [9.17, 15) is 23.1 Å². The highest BCUT2D eigenvalue weighted by Crippen LogP contribution is 2.30. The number of aryl methyl sites for hydroxylation is 2. The van der Waals surface area contributed by atoms with Crippen molar-refractivity contribution in [2.45, 2.75) is 13.8 Å². The number of hydrogen-bond donors (Lipinski definition) is 1. The molecule has 11 nitrogen and oxygen atoms in total. The summed E-state index contributed by atoms with van der Waals surface area (Å²) in [5.41, 5.74) is 2.53. The topological polar surface area (TPSA) is 139 Å². The second-order valence-electron chi connectivity index (χ2n) is 6.87.